The van der Waals surface area contributed by atoms with Crippen LogP contribution in [-0.2, 0) is 29.2 Å². The van der Waals surface area contributed by atoms with Gasteiger partial charge in [-0.15, -0.1) is 0 Å². The molecule has 0 aromatic carbocycles. The molecule has 4 aliphatic rings. The van der Waals surface area contributed by atoms with Gasteiger partial charge in [0.05, 0.1) is 12.0 Å². The van der Waals surface area contributed by atoms with Crippen LogP contribution < -0.4 is 45.5 Å². The molecule has 4 rings (SSSR count). The van der Waals surface area contributed by atoms with Crippen LogP contribution in [0.25, 0.3) is 0 Å². The Morgan fingerprint density at radius 2 is 1.90 bits per heavy atom. The van der Waals surface area contributed by atoms with E-state index in [1.807, 2.05) is 18.7 Å². The van der Waals surface area contributed by atoms with Crippen molar-refractivity contribution in [2.45, 2.75) is 69.9 Å². The van der Waals surface area contributed by atoms with Gasteiger partial charge >= 0.3 is 35.7 Å². The number of hydrogen-bond donors (Lipinski definition) is 4. The quantitative estimate of drug-likeness (QED) is 0.0947. The fraction of sp³-hybridized carbons (Fsp3) is 0.778. The summed E-state index contributed by atoms with van der Waals surface area (Å²) in [6.07, 6.45) is 6.65. The Bertz CT molecular complexity index is 1150. The zero-order valence-corrected chi connectivity index (χ0v) is 27.3. The number of aliphatic hydroxyl groups excluding tert-OH is 1. The molecule has 1 saturated carbocycles. The van der Waals surface area contributed by atoms with Gasteiger partial charge in [-0.1, -0.05) is 26.0 Å². The summed E-state index contributed by atoms with van der Waals surface area (Å²) in [5.41, 5.74) is -2.47. The van der Waals surface area contributed by atoms with Gasteiger partial charge in [0.2, 0.25) is 17.7 Å². The maximum atomic E-state index is 13.1. The number of carbonyl (C=O) groups is 4. The van der Waals surface area contributed by atoms with Gasteiger partial charge in [-0.05, 0) is 62.2 Å². The topological polar surface area (TPSA) is 194 Å². The number of fused-ring (bicyclic) bond motifs is 2. The zero-order chi connectivity index (χ0) is 29.9. The van der Waals surface area contributed by atoms with Crippen LogP contribution in [0.15, 0.2) is 12.2 Å². The van der Waals surface area contributed by atoms with E-state index in [-0.39, 0.29) is 66.7 Å². The van der Waals surface area contributed by atoms with E-state index in [0.29, 0.717) is 50.2 Å². The molecule has 2 aliphatic heterocycles. The Kier molecular flexibility index (Phi) is 12.3. The molecular weight excluding hydrogens is 579 g/mol. The standard InChI is InChI=1S/C27H42N4O9S.Na/c1-15(2)9-21(24(33)29-22(26(35)41(37,38)39)12-18-5-7-28-23(18)32)30-27(36)40-14-19-6-8-31(25(19)34)13-20-11-16-3-4-17(20)10-16;/h3-4,15-22,26,35H,5-14H2,1-2H3,(H,28,32)(H,29,33)(H,30,36)(H,37,38,39);/q;+1/p-1/t16-,17+,18-,19?,20+,21-,22-,26?;/m0./s1. The third-order valence-electron chi connectivity index (χ3n) is 8.68. The number of alkyl carbamates (subject to hydrolysis) is 1. The summed E-state index contributed by atoms with van der Waals surface area (Å²) in [6.45, 7) is 5.15. The van der Waals surface area contributed by atoms with Crippen LogP contribution in [0.5, 0.6) is 0 Å². The summed E-state index contributed by atoms with van der Waals surface area (Å²) in [4.78, 5) is 52.6. The molecule has 0 aromatic rings. The Hall–Kier alpha value is -1.71. The van der Waals surface area contributed by atoms with E-state index in [2.05, 4.69) is 28.1 Å². The molecule has 42 heavy (non-hydrogen) atoms. The predicted octanol–water partition coefficient (Wildman–Crippen LogP) is -2.93. The van der Waals surface area contributed by atoms with Gasteiger partial charge in [0.1, 0.15) is 22.8 Å². The molecule has 13 nitrogen and oxygen atoms in total. The molecule has 0 aromatic heterocycles. The molecule has 230 valence electrons. The molecule has 8 atom stereocenters. The SMILES string of the molecule is CC(C)C[C@H](NC(=O)OCC1CCN(C[C@H]2C[C@H]3C=C[C@@H]2C3)C1=O)C(=O)N[C@@H](C[C@@H]1CCNC1=O)C(O)S(=O)(=O)[O-].[Na+]. The van der Waals surface area contributed by atoms with Crippen molar-refractivity contribution >= 4 is 33.9 Å². The number of hydrogen-bond acceptors (Lipinski definition) is 9. The van der Waals surface area contributed by atoms with Crippen LogP contribution in [0.2, 0.25) is 0 Å². The molecular formula is C27H41N4NaO9S. The summed E-state index contributed by atoms with van der Waals surface area (Å²) >= 11 is 0. The zero-order valence-electron chi connectivity index (χ0n) is 24.5. The molecule has 15 heteroatoms. The van der Waals surface area contributed by atoms with Crippen molar-refractivity contribution < 1.29 is 71.5 Å². The predicted molar refractivity (Wildman–Crippen MR) is 145 cm³/mol. The van der Waals surface area contributed by atoms with E-state index < -0.39 is 51.5 Å². The number of ether oxygens (including phenoxy) is 1. The summed E-state index contributed by atoms with van der Waals surface area (Å²) in [7, 11) is -5.21. The molecule has 2 unspecified atom stereocenters. The molecule has 2 bridgehead atoms. The fourth-order valence-corrected chi connectivity index (χ4v) is 7.08. The largest absolute Gasteiger partial charge is 1.00 e. The average molecular weight is 621 g/mol. The number of carbonyl (C=O) groups excluding carboxylic acids is 4. The van der Waals surface area contributed by atoms with Crippen LogP contribution >= 0.6 is 0 Å². The van der Waals surface area contributed by atoms with Crippen molar-refractivity contribution in [3.05, 3.63) is 12.2 Å². The van der Waals surface area contributed by atoms with Gasteiger partial charge < -0.3 is 35.2 Å². The van der Waals surface area contributed by atoms with Gasteiger partial charge in [0.25, 0.3) is 0 Å². The maximum absolute atomic E-state index is 13.1. The normalized spacial score (nSPS) is 28.8. The molecule has 4 amide bonds. The first-order chi connectivity index (χ1) is 19.3. The second-order valence-electron chi connectivity index (χ2n) is 12.2. The smallest absolute Gasteiger partial charge is 0.746 e. The third-order valence-corrected chi connectivity index (χ3v) is 9.60. The van der Waals surface area contributed by atoms with E-state index >= 15 is 0 Å². The molecule has 0 spiro atoms. The molecule has 0 radical (unpaired) electrons. The summed E-state index contributed by atoms with van der Waals surface area (Å²) in [5, 5.41) is 17.6. The minimum atomic E-state index is -5.21. The Morgan fingerprint density at radius 1 is 1.17 bits per heavy atom. The number of amides is 4. The van der Waals surface area contributed by atoms with E-state index in [0.717, 1.165) is 12.8 Å². The average Bonchev–Trinajstić information content (AvgIpc) is 3.68. The fourth-order valence-electron chi connectivity index (χ4n) is 6.50. The Balaban J connectivity index is 0.00000484. The molecule has 2 aliphatic carbocycles. The first kappa shape index (κ1) is 34.8. The van der Waals surface area contributed by atoms with E-state index in [1.54, 1.807) is 0 Å². The minimum Gasteiger partial charge on any atom is -0.746 e. The summed E-state index contributed by atoms with van der Waals surface area (Å²) in [6, 6.07) is -2.73. The van der Waals surface area contributed by atoms with Gasteiger partial charge in [-0.2, -0.15) is 0 Å². The van der Waals surface area contributed by atoms with Crippen LogP contribution in [0, 0.1) is 35.5 Å². The van der Waals surface area contributed by atoms with Crippen molar-refractivity contribution in [2.75, 3.05) is 26.2 Å². The first-order valence-corrected chi connectivity index (χ1v) is 15.9. The van der Waals surface area contributed by atoms with Crippen LogP contribution in [0.4, 0.5) is 4.79 Å². The number of likely N-dealkylation sites (tertiary alicyclic amines) is 1. The van der Waals surface area contributed by atoms with Crippen molar-refractivity contribution in [3.63, 3.8) is 0 Å². The van der Waals surface area contributed by atoms with E-state index in [1.165, 1.54) is 0 Å². The van der Waals surface area contributed by atoms with Gasteiger partial charge in [-0.25, -0.2) is 13.2 Å². The summed E-state index contributed by atoms with van der Waals surface area (Å²) < 4.78 is 40.0. The second kappa shape index (κ2) is 14.8. The number of nitrogens with one attached hydrogen (secondary N) is 3. The Morgan fingerprint density at radius 3 is 2.48 bits per heavy atom. The van der Waals surface area contributed by atoms with Gasteiger partial charge in [0, 0.05) is 25.6 Å². The molecule has 2 heterocycles. The monoisotopic (exact) mass is 620 g/mol. The first-order valence-electron chi connectivity index (χ1n) is 14.4. The molecule has 2 saturated heterocycles. The third kappa shape index (κ3) is 8.91. The number of aliphatic hydroxyl groups is 1. The van der Waals surface area contributed by atoms with E-state index in [9.17, 15) is 37.3 Å². The van der Waals surface area contributed by atoms with Crippen LogP contribution in [-0.4, -0.2) is 90.6 Å². The maximum Gasteiger partial charge on any atom is 1.00 e. The van der Waals surface area contributed by atoms with Crippen molar-refractivity contribution in [3.8, 4) is 0 Å². The van der Waals surface area contributed by atoms with E-state index in [4.69, 9.17) is 4.74 Å². The molecule has 3 fully saturated rings. The number of nitrogens with zero attached hydrogens (tertiary/aromatic N) is 1. The minimum absolute atomic E-state index is 0. The molecule has 4 N–H and O–H groups in total. The van der Waals surface area contributed by atoms with Gasteiger partial charge in [-0.3, -0.25) is 14.4 Å². The van der Waals surface area contributed by atoms with Crippen molar-refractivity contribution in [1.29, 1.82) is 0 Å². The Labute approximate surface area is 269 Å². The van der Waals surface area contributed by atoms with Crippen molar-refractivity contribution in [1.82, 2.24) is 20.9 Å². The van der Waals surface area contributed by atoms with Gasteiger partial charge in [0.15, 0.2) is 5.44 Å². The van der Waals surface area contributed by atoms with Crippen LogP contribution in [0.1, 0.15) is 52.4 Å². The van der Waals surface area contributed by atoms with Crippen LogP contribution in [0.3, 0.4) is 0 Å². The number of rotatable bonds is 13. The second-order valence-corrected chi connectivity index (χ2v) is 13.7. The van der Waals surface area contributed by atoms with Crippen molar-refractivity contribution in [2.24, 2.45) is 35.5 Å². The summed E-state index contributed by atoms with van der Waals surface area (Å²) in [5.74, 6) is -0.869. The number of allylic oxidation sites excluding steroid dienone is 2.